The van der Waals surface area contributed by atoms with Crippen molar-refractivity contribution in [3.63, 3.8) is 0 Å². The molecule has 116 valence electrons. The van der Waals surface area contributed by atoms with Gasteiger partial charge in [-0.2, -0.15) is 0 Å². The number of carbonyl (C=O) groups excluding carboxylic acids is 1. The van der Waals surface area contributed by atoms with Gasteiger partial charge in [-0.05, 0) is 18.8 Å². The molecular formula is C15H28N2O3. The minimum atomic E-state index is 0.117. The number of aliphatic hydroxyl groups is 1. The van der Waals surface area contributed by atoms with Gasteiger partial charge in [0.25, 0.3) is 0 Å². The molecule has 1 amide bonds. The maximum absolute atomic E-state index is 12.1. The lowest BCUT2D eigenvalue weighted by Crippen LogP contribution is -2.50. The Morgan fingerprint density at radius 3 is 2.65 bits per heavy atom. The Morgan fingerprint density at radius 2 is 2.00 bits per heavy atom. The van der Waals surface area contributed by atoms with Crippen molar-refractivity contribution in [1.82, 2.24) is 9.80 Å². The summed E-state index contributed by atoms with van der Waals surface area (Å²) >= 11 is 0. The summed E-state index contributed by atoms with van der Waals surface area (Å²) in [5.74, 6) is 0.845. The largest absolute Gasteiger partial charge is 0.395 e. The fourth-order valence-corrected chi connectivity index (χ4v) is 3.17. The fraction of sp³-hybridized carbons (Fsp3) is 0.933. The molecule has 1 aliphatic carbocycles. The number of amides is 1. The molecule has 0 aromatic rings. The fourth-order valence-electron chi connectivity index (χ4n) is 3.17. The topological polar surface area (TPSA) is 53.0 Å². The van der Waals surface area contributed by atoms with E-state index in [1.807, 2.05) is 4.90 Å². The normalized spacial score (nSPS) is 28.6. The molecule has 2 atom stereocenters. The molecule has 2 unspecified atom stereocenters. The average Bonchev–Trinajstić information content (AvgIpc) is 2.46. The van der Waals surface area contributed by atoms with Gasteiger partial charge in [-0.1, -0.05) is 19.8 Å². The SMILES string of the molecule is CC1CCCC(OCC(=O)N2CCN(CCO)CC2)C1. The van der Waals surface area contributed by atoms with Crippen LogP contribution in [0.15, 0.2) is 0 Å². The second-order valence-corrected chi connectivity index (χ2v) is 6.15. The molecular weight excluding hydrogens is 256 g/mol. The number of nitrogens with zero attached hydrogens (tertiary/aromatic N) is 2. The Kier molecular flexibility index (Phi) is 6.26. The average molecular weight is 284 g/mol. The Hall–Kier alpha value is -0.650. The molecule has 5 nitrogen and oxygen atoms in total. The van der Waals surface area contributed by atoms with Crippen LogP contribution in [0.5, 0.6) is 0 Å². The van der Waals surface area contributed by atoms with E-state index < -0.39 is 0 Å². The summed E-state index contributed by atoms with van der Waals surface area (Å²) in [5.41, 5.74) is 0. The van der Waals surface area contributed by atoms with Crippen LogP contribution < -0.4 is 0 Å². The van der Waals surface area contributed by atoms with Gasteiger partial charge in [0.05, 0.1) is 12.7 Å². The Bertz CT molecular complexity index is 303. The van der Waals surface area contributed by atoms with E-state index in [9.17, 15) is 4.79 Å². The second-order valence-electron chi connectivity index (χ2n) is 6.15. The van der Waals surface area contributed by atoms with Gasteiger partial charge in [0.1, 0.15) is 6.61 Å². The van der Waals surface area contributed by atoms with Crippen LogP contribution in [0.2, 0.25) is 0 Å². The number of rotatable bonds is 5. The van der Waals surface area contributed by atoms with Gasteiger partial charge >= 0.3 is 0 Å². The molecule has 1 heterocycles. The van der Waals surface area contributed by atoms with Gasteiger partial charge < -0.3 is 14.7 Å². The van der Waals surface area contributed by atoms with E-state index in [-0.39, 0.29) is 25.2 Å². The lowest BCUT2D eigenvalue weighted by Gasteiger charge is -2.35. The highest BCUT2D eigenvalue weighted by Gasteiger charge is 2.23. The summed E-state index contributed by atoms with van der Waals surface area (Å²) in [6.45, 7) is 6.61. The molecule has 1 saturated carbocycles. The van der Waals surface area contributed by atoms with E-state index in [0.29, 0.717) is 6.54 Å². The molecule has 5 heteroatoms. The van der Waals surface area contributed by atoms with E-state index in [1.165, 1.54) is 12.8 Å². The maximum Gasteiger partial charge on any atom is 0.248 e. The van der Waals surface area contributed by atoms with E-state index in [2.05, 4.69) is 11.8 Å². The van der Waals surface area contributed by atoms with Crippen LogP contribution in [0.1, 0.15) is 32.6 Å². The Balaban J connectivity index is 1.65. The molecule has 0 radical (unpaired) electrons. The second kappa shape index (κ2) is 7.96. The zero-order valence-electron chi connectivity index (χ0n) is 12.6. The predicted octanol–water partition coefficient (Wildman–Crippen LogP) is 0.718. The number of hydrogen-bond donors (Lipinski definition) is 1. The number of carbonyl (C=O) groups is 1. The van der Waals surface area contributed by atoms with Crippen LogP contribution in [0, 0.1) is 5.92 Å². The summed E-state index contributed by atoms with van der Waals surface area (Å²) in [6.07, 6.45) is 4.98. The third-order valence-electron chi connectivity index (χ3n) is 4.47. The Morgan fingerprint density at radius 1 is 1.25 bits per heavy atom. The minimum absolute atomic E-state index is 0.117. The predicted molar refractivity (Wildman–Crippen MR) is 77.5 cm³/mol. The molecule has 1 aliphatic heterocycles. The third kappa shape index (κ3) is 4.72. The Labute approximate surface area is 121 Å². The zero-order valence-corrected chi connectivity index (χ0v) is 12.6. The van der Waals surface area contributed by atoms with Crippen LogP contribution in [-0.2, 0) is 9.53 Å². The van der Waals surface area contributed by atoms with Crippen LogP contribution in [0.3, 0.4) is 0 Å². The number of hydrogen-bond acceptors (Lipinski definition) is 4. The molecule has 0 aromatic carbocycles. The molecule has 1 saturated heterocycles. The first-order valence-corrected chi connectivity index (χ1v) is 7.91. The van der Waals surface area contributed by atoms with Gasteiger partial charge in [0, 0.05) is 32.7 Å². The first-order valence-electron chi connectivity index (χ1n) is 7.91. The molecule has 2 aliphatic rings. The molecule has 20 heavy (non-hydrogen) atoms. The van der Waals surface area contributed by atoms with Crippen LogP contribution in [-0.4, -0.2) is 72.9 Å². The number of aliphatic hydroxyl groups excluding tert-OH is 1. The summed E-state index contributed by atoms with van der Waals surface area (Å²) < 4.78 is 5.80. The molecule has 1 N–H and O–H groups in total. The van der Waals surface area contributed by atoms with Crippen molar-refractivity contribution in [2.45, 2.75) is 38.7 Å². The van der Waals surface area contributed by atoms with Crippen molar-refractivity contribution in [2.75, 3.05) is 45.9 Å². The monoisotopic (exact) mass is 284 g/mol. The zero-order chi connectivity index (χ0) is 14.4. The summed E-state index contributed by atoms with van der Waals surface area (Å²) in [7, 11) is 0. The van der Waals surface area contributed by atoms with Crippen molar-refractivity contribution in [3.8, 4) is 0 Å². The van der Waals surface area contributed by atoms with Crippen molar-refractivity contribution in [2.24, 2.45) is 5.92 Å². The van der Waals surface area contributed by atoms with Crippen molar-refractivity contribution >= 4 is 5.91 Å². The number of ether oxygens (including phenoxy) is 1. The lowest BCUT2D eigenvalue weighted by molar-refractivity contribution is -0.141. The van der Waals surface area contributed by atoms with Crippen LogP contribution in [0.4, 0.5) is 0 Å². The molecule has 2 rings (SSSR count). The van der Waals surface area contributed by atoms with Gasteiger partial charge in [0.2, 0.25) is 5.91 Å². The van der Waals surface area contributed by atoms with Gasteiger partial charge in [-0.15, -0.1) is 0 Å². The summed E-state index contributed by atoms with van der Waals surface area (Å²) in [5, 5.41) is 8.90. The van der Waals surface area contributed by atoms with Gasteiger partial charge in [0.15, 0.2) is 0 Å². The van der Waals surface area contributed by atoms with Crippen molar-refractivity contribution in [1.29, 1.82) is 0 Å². The quantitative estimate of drug-likeness (QED) is 0.808. The first-order chi connectivity index (χ1) is 9.69. The van der Waals surface area contributed by atoms with Gasteiger partial charge in [-0.25, -0.2) is 0 Å². The van der Waals surface area contributed by atoms with Gasteiger partial charge in [-0.3, -0.25) is 9.69 Å². The summed E-state index contributed by atoms with van der Waals surface area (Å²) in [4.78, 5) is 16.2. The number of β-amino-alcohol motifs (C(OH)–C–C–N with tert-alkyl or cyclic N) is 1. The highest BCUT2D eigenvalue weighted by atomic mass is 16.5. The highest BCUT2D eigenvalue weighted by Crippen LogP contribution is 2.25. The van der Waals surface area contributed by atoms with Crippen molar-refractivity contribution in [3.05, 3.63) is 0 Å². The third-order valence-corrected chi connectivity index (χ3v) is 4.47. The standard InChI is InChI=1S/C15H28N2O3/c1-13-3-2-4-14(11-13)20-12-15(19)17-7-5-16(6-8-17)9-10-18/h13-14,18H,2-12H2,1H3. The smallest absolute Gasteiger partial charge is 0.248 e. The molecule has 2 fully saturated rings. The van der Waals surface area contributed by atoms with E-state index >= 15 is 0 Å². The lowest BCUT2D eigenvalue weighted by atomic mass is 9.89. The molecule has 0 spiro atoms. The summed E-state index contributed by atoms with van der Waals surface area (Å²) in [6, 6.07) is 0. The van der Waals surface area contributed by atoms with Crippen molar-refractivity contribution < 1.29 is 14.6 Å². The van der Waals surface area contributed by atoms with E-state index in [0.717, 1.165) is 44.9 Å². The molecule has 0 bridgehead atoms. The maximum atomic E-state index is 12.1. The molecule has 0 aromatic heterocycles. The van der Waals surface area contributed by atoms with Crippen LogP contribution in [0.25, 0.3) is 0 Å². The number of piperazine rings is 1. The first kappa shape index (κ1) is 15.7. The minimum Gasteiger partial charge on any atom is -0.395 e. The highest BCUT2D eigenvalue weighted by molar-refractivity contribution is 5.77. The van der Waals surface area contributed by atoms with E-state index in [1.54, 1.807) is 0 Å². The van der Waals surface area contributed by atoms with Crippen LogP contribution >= 0.6 is 0 Å². The van der Waals surface area contributed by atoms with E-state index in [4.69, 9.17) is 9.84 Å².